The quantitative estimate of drug-likeness (QED) is 0.883. The van der Waals surface area contributed by atoms with E-state index in [2.05, 4.69) is 17.3 Å². The summed E-state index contributed by atoms with van der Waals surface area (Å²) >= 11 is 5.86. The van der Waals surface area contributed by atoms with Crippen molar-refractivity contribution in [3.63, 3.8) is 0 Å². The van der Waals surface area contributed by atoms with Crippen LogP contribution >= 0.6 is 11.6 Å². The molecule has 0 aliphatic carbocycles. The molecular weight excluding hydrogens is 234 g/mol. The lowest BCUT2D eigenvalue weighted by Gasteiger charge is -2.14. The highest BCUT2D eigenvalue weighted by Crippen LogP contribution is 2.15. The van der Waals surface area contributed by atoms with Gasteiger partial charge in [0.15, 0.2) is 0 Å². The predicted octanol–water partition coefficient (Wildman–Crippen LogP) is 2.89. The Morgan fingerprint density at radius 2 is 2.12 bits per heavy atom. The fourth-order valence-electron chi connectivity index (χ4n) is 1.70. The van der Waals surface area contributed by atoms with Crippen molar-refractivity contribution in [3.8, 4) is 0 Å². The van der Waals surface area contributed by atoms with E-state index in [1.807, 2.05) is 41.2 Å². The van der Waals surface area contributed by atoms with E-state index in [4.69, 9.17) is 11.6 Å². The molecule has 2 aromatic rings. The Morgan fingerprint density at radius 3 is 2.76 bits per heavy atom. The second kappa shape index (κ2) is 5.84. The molecule has 0 fully saturated rings. The zero-order chi connectivity index (χ0) is 12.1. The lowest BCUT2D eigenvalue weighted by atomic mass is 10.1. The zero-order valence-electron chi connectivity index (χ0n) is 9.81. The molecule has 0 saturated carbocycles. The molecule has 1 unspecified atom stereocenters. The number of nitrogens with one attached hydrogen (secondary N) is 1. The molecule has 1 aromatic heterocycles. The zero-order valence-corrected chi connectivity index (χ0v) is 10.6. The van der Waals surface area contributed by atoms with Gasteiger partial charge in [-0.15, -0.1) is 0 Å². The molecule has 3 nitrogen and oxygen atoms in total. The van der Waals surface area contributed by atoms with Gasteiger partial charge in [0.1, 0.15) is 0 Å². The Morgan fingerprint density at radius 1 is 1.35 bits per heavy atom. The van der Waals surface area contributed by atoms with Gasteiger partial charge < -0.3 is 5.32 Å². The van der Waals surface area contributed by atoms with Crippen molar-refractivity contribution in [2.45, 2.75) is 19.5 Å². The Balaban J connectivity index is 1.81. The Hall–Kier alpha value is -1.32. The minimum absolute atomic E-state index is 0.322. The number of benzene rings is 1. The summed E-state index contributed by atoms with van der Waals surface area (Å²) in [6.07, 6.45) is 3.76. The lowest BCUT2D eigenvalue weighted by Crippen LogP contribution is -2.23. The maximum absolute atomic E-state index is 5.86. The molecule has 0 amide bonds. The van der Waals surface area contributed by atoms with Crippen molar-refractivity contribution < 1.29 is 0 Å². The van der Waals surface area contributed by atoms with Crippen molar-refractivity contribution >= 4 is 11.6 Å². The maximum Gasteiger partial charge on any atom is 0.0534 e. The number of hydrogen-bond donors (Lipinski definition) is 1. The van der Waals surface area contributed by atoms with Crippen LogP contribution in [0, 0.1) is 0 Å². The number of aromatic nitrogens is 2. The van der Waals surface area contributed by atoms with Gasteiger partial charge in [0.05, 0.1) is 6.54 Å². The first-order valence-corrected chi connectivity index (χ1v) is 6.10. The Labute approximate surface area is 106 Å². The summed E-state index contributed by atoms with van der Waals surface area (Å²) < 4.78 is 1.92. The van der Waals surface area contributed by atoms with Gasteiger partial charge in [-0.2, -0.15) is 5.10 Å². The van der Waals surface area contributed by atoms with Gasteiger partial charge in [0.2, 0.25) is 0 Å². The summed E-state index contributed by atoms with van der Waals surface area (Å²) in [6.45, 7) is 3.92. The van der Waals surface area contributed by atoms with Crippen LogP contribution in [0.3, 0.4) is 0 Å². The second-order valence-electron chi connectivity index (χ2n) is 4.00. The maximum atomic E-state index is 5.86. The highest BCUT2D eigenvalue weighted by atomic mass is 35.5. The highest BCUT2D eigenvalue weighted by Gasteiger charge is 2.03. The topological polar surface area (TPSA) is 29.9 Å². The SMILES string of the molecule is CC(NCCn1cccn1)c1ccc(Cl)cc1. The van der Waals surface area contributed by atoms with Crippen molar-refractivity contribution in [3.05, 3.63) is 53.3 Å². The molecule has 1 atom stereocenters. The van der Waals surface area contributed by atoms with E-state index in [9.17, 15) is 0 Å². The van der Waals surface area contributed by atoms with E-state index >= 15 is 0 Å². The molecule has 0 aliphatic rings. The molecule has 1 N–H and O–H groups in total. The van der Waals surface area contributed by atoms with Crippen LogP contribution in [0.2, 0.25) is 5.02 Å². The van der Waals surface area contributed by atoms with Crippen LogP contribution in [0.5, 0.6) is 0 Å². The average Bonchev–Trinajstić information content (AvgIpc) is 2.83. The minimum atomic E-state index is 0.322. The van der Waals surface area contributed by atoms with Gasteiger partial charge in [0.25, 0.3) is 0 Å². The van der Waals surface area contributed by atoms with Crippen LogP contribution in [0.1, 0.15) is 18.5 Å². The van der Waals surface area contributed by atoms with Crippen molar-refractivity contribution in [1.82, 2.24) is 15.1 Å². The van der Waals surface area contributed by atoms with E-state index in [0.29, 0.717) is 6.04 Å². The van der Waals surface area contributed by atoms with Crippen LogP contribution in [0.25, 0.3) is 0 Å². The molecule has 1 heterocycles. The van der Waals surface area contributed by atoms with Crippen LogP contribution in [0.4, 0.5) is 0 Å². The fourth-order valence-corrected chi connectivity index (χ4v) is 1.82. The predicted molar refractivity (Wildman–Crippen MR) is 70.1 cm³/mol. The standard InChI is InChI=1S/C13H16ClN3/c1-11(12-3-5-13(14)6-4-12)15-8-10-17-9-2-7-16-17/h2-7,9,11,15H,8,10H2,1H3. The third-order valence-electron chi connectivity index (χ3n) is 2.72. The molecule has 4 heteroatoms. The summed E-state index contributed by atoms with van der Waals surface area (Å²) in [5.74, 6) is 0. The molecule has 1 aromatic carbocycles. The van der Waals surface area contributed by atoms with Crippen LogP contribution in [-0.4, -0.2) is 16.3 Å². The molecule has 17 heavy (non-hydrogen) atoms. The largest absolute Gasteiger partial charge is 0.308 e. The van der Waals surface area contributed by atoms with E-state index < -0.39 is 0 Å². The average molecular weight is 250 g/mol. The molecular formula is C13H16ClN3. The van der Waals surface area contributed by atoms with E-state index in [-0.39, 0.29) is 0 Å². The van der Waals surface area contributed by atoms with Crippen molar-refractivity contribution in [2.24, 2.45) is 0 Å². The smallest absolute Gasteiger partial charge is 0.0534 e. The third-order valence-corrected chi connectivity index (χ3v) is 2.97. The van der Waals surface area contributed by atoms with Gasteiger partial charge in [0, 0.05) is 30.0 Å². The summed E-state index contributed by atoms with van der Waals surface area (Å²) in [6, 6.07) is 10.2. The number of hydrogen-bond acceptors (Lipinski definition) is 2. The fraction of sp³-hybridized carbons (Fsp3) is 0.308. The van der Waals surface area contributed by atoms with Gasteiger partial charge in [-0.05, 0) is 30.7 Å². The summed E-state index contributed by atoms with van der Waals surface area (Å²) in [7, 11) is 0. The summed E-state index contributed by atoms with van der Waals surface area (Å²) in [5, 5.41) is 8.38. The van der Waals surface area contributed by atoms with Crippen molar-refractivity contribution in [1.29, 1.82) is 0 Å². The second-order valence-corrected chi connectivity index (χ2v) is 4.43. The molecule has 0 aliphatic heterocycles. The third kappa shape index (κ3) is 3.58. The molecule has 90 valence electrons. The first-order chi connectivity index (χ1) is 8.25. The van der Waals surface area contributed by atoms with Crippen LogP contribution in [-0.2, 0) is 6.54 Å². The number of halogens is 1. The van der Waals surface area contributed by atoms with Crippen molar-refractivity contribution in [2.75, 3.05) is 6.54 Å². The monoisotopic (exact) mass is 249 g/mol. The van der Waals surface area contributed by atoms with E-state index in [0.717, 1.165) is 18.1 Å². The van der Waals surface area contributed by atoms with E-state index in [1.54, 1.807) is 6.20 Å². The minimum Gasteiger partial charge on any atom is -0.308 e. The van der Waals surface area contributed by atoms with Crippen LogP contribution in [0.15, 0.2) is 42.7 Å². The Kier molecular flexibility index (Phi) is 4.18. The normalized spacial score (nSPS) is 12.6. The molecule has 0 spiro atoms. The Bertz CT molecular complexity index is 436. The molecule has 0 bridgehead atoms. The van der Waals surface area contributed by atoms with Gasteiger partial charge in [-0.3, -0.25) is 4.68 Å². The molecule has 0 saturated heterocycles. The first-order valence-electron chi connectivity index (χ1n) is 5.72. The van der Waals surface area contributed by atoms with Gasteiger partial charge in [-0.25, -0.2) is 0 Å². The summed E-state index contributed by atoms with van der Waals surface area (Å²) in [5.41, 5.74) is 1.25. The molecule has 0 radical (unpaired) electrons. The highest BCUT2D eigenvalue weighted by molar-refractivity contribution is 6.30. The number of nitrogens with zero attached hydrogens (tertiary/aromatic N) is 2. The number of rotatable bonds is 5. The lowest BCUT2D eigenvalue weighted by molar-refractivity contribution is 0.507. The first kappa shape index (κ1) is 12.1. The molecule has 2 rings (SSSR count). The van der Waals surface area contributed by atoms with Gasteiger partial charge >= 0.3 is 0 Å². The van der Waals surface area contributed by atoms with Gasteiger partial charge in [-0.1, -0.05) is 23.7 Å². The van der Waals surface area contributed by atoms with E-state index in [1.165, 1.54) is 5.56 Å². The van der Waals surface area contributed by atoms with Crippen LogP contribution < -0.4 is 5.32 Å². The summed E-state index contributed by atoms with van der Waals surface area (Å²) in [4.78, 5) is 0.